The quantitative estimate of drug-likeness (QED) is 0.562. The average molecular weight is 416 g/mol. The highest BCUT2D eigenvalue weighted by Crippen LogP contribution is 2.30. The molecule has 2 aromatic rings. The summed E-state index contributed by atoms with van der Waals surface area (Å²) >= 11 is 6.10. The Morgan fingerprint density at radius 3 is 2.62 bits per heavy atom. The molecule has 1 N–H and O–H groups in total. The van der Waals surface area contributed by atoms with E-state index in [4.69, 9.17) is 21.1 Å². The van der Waals surface area contributed by atoms with E-state index in [-0.39, 0.29) is 17.1 Å². The second kappa shape index (κ2) is 8.24. The largest absolute Gasteiger partial charge is 0.546 e. The van der Waals surface area contributed by atoms with Gasteiger partial charge in [-0.05, 0) is 48.4 Å². The van der Waals surface area contributed by atoms with Gasteiger partial charge in [-0.2, -0.15) is 0 Å². The van der Waals surface area contributed by atoms with E-state index in [0.717, 1.165) is 10.6 Å². The van der Waals surface area contributed by atoms with Crippen molar-refractivity contribution in [2.75, 3.05) is 18.7 Å². The van der Waals surface area contributed by atoms with Crippen molar-refractivity contribution in [1.82, 2.24) is 5.43 Å². The Morgan fingerprint density at radius 2 is 1.97 bits per heavy atom. The molecule has 0 saturated carbocycles. The van der Waals surface area contributed by atoms with Crippen molar-refractivity contribution < 1.29 is 29.0 Å². The number of aryl methyl sites for hydroxylation is 1. The molecule has 29 heavy (non-hydrogen) atoms. The lowest BCUT2D eigenvalue weighted by atomic mass is 10.1. The van der Waals surface area contributed by atoms with E-state index in [9.17, 15) is 19.5 Å². The summed E-state index contributed by atoms with van der Waals surface area (Å²) < 4.78 is 10.3. The Labute approximate surface area is 171 Å². The molecule has 0 spiro atoms. The zero-order chi connectivity index (χ0) is 21.1. The van der Waals surface area contributed by atoms with Crippen molar-refractivity contribution in [3.63, 3.8) is 0 Å². The summed E-state index contributed by atoms with van der Waals surface area (Å²) in [5.41, 5.74) is 4.19. The number of anilines is 1. The Morgan fingerprint density at radius 1 is 1.21 bits per heavy atom. The topological polar surface area (TPSA) is 108 Å². The van der Waals surface area contributed by atoms with Gasteiger partial charge in [0.2, 0.25) is 0 Å². The van der Waals surface area contributed by atoms with Crippen LogP contribution in [0.25, 0.3) is 6.08 Å². The molecule has 0 aliphatic carbocycles. The number of nitrogens with zero attached hydrogens (tertiary/aromatic N) is 1. The number of hydrogen-bond donors (Lipinski definition) is 1. The van der Waals surface area contributed by atoms with Gasteiger partial charge in [0.25, 0.3) is 11.8 Å². The minimum absolute atomic E-state index is 0.0767. The molecular weight excluding hydrogens is 400 g/mol. The van der Waals surface area contributed by atoms with Crippen LogP contribution < -0.4 is 25.0 Å². The standard InChI is InChI=1S/C20H17ClN2O6/c1-11-3-5-13(9-15(11)21)23-20(27)14(19(26)22-23)7-12-4-6-16(17(8-12)28-2)29-10-18(24)25/h3-9H,10H2,1-2H3,(H,22,26)(H,24,25)/p-1/b14-7+. The highest BCUT2D eigenvalue weighted by molar-refractivity contribution is 6.33. The molecule has 8 nitrogen and oxygen atoms in total. The fourth-order valence-electron chi connectivity index (χ4n) is 2.66. The van der Waals surface area contributed by atoms with Crippen LogP contribution in [0.15, 0.2) is 42.0 Å². The number of carboxylic acid groups (broad SMARTS) is 1. The fraction of sp³-hybridized carbons (Fsp3) is 0.150. The van der Waals surface area contributed by atoms with Gasteiger partial charge >= 0.3 is 0 Å². The lowest BCUT2D eigenvalue weighted by Gasteiger charge is -2.15. The highest BCUT2D eigenvalue weighted by atomic mass is 35.5. The fourth-order valence-corrected chi connectivity index (χ4v) is 2.83. The van der Waals surface area contributed by atoms with E-state index in [2.05, 4.69) is 5.43 Å². The molecule has 2 aromatic carbocycles. The number of rotatable bonds is 6. The van der Waals surface area contributed by atoms with E-state index < -0.39 is 24.4 Å². The van der Waals surface area contributed by atoms with Crippen LogP contribution in [-0.4, -0.2) is 31.5 Å². The summed E-state index contributed by atoms with van der Waals surface area (Å²) in [6, 6.07) is 9.56. The normalized spacial score (nSPS) is 14.9. The van der Waals surface area contributed by atoms with E-state index in [1.165, 1.54) is 25.3 Å². The number of hydrazine groups is 1. The Bertz CT molecular complexity index is 1030. The van der Waals surface area contributed by atoms with Gasteiger partial charge in [0, 0.05) is 5.02 Å². The Kier molecular flexibility index (Phi) is 5.74. The van der Waals surface area contributed by atoms with Crippen LogP contribution in [0.5, 0.6) is 11.5 Å². The third kappa shape index (κ3) is 4.33. The minimum atomic E-state index is -1.37. The summed E-state index contributed by atoms with van der Waals surface area (Å²) in [7, 11) is 1.38. The van der Waals surface area contributed by atoms with E-state index in [1.54, 1.807) is 24.3 Å². The number of benzene rings is 2. The maximum atomic E-state index is 12.7. The molecule has 3 rings (SSSR count). The first-order valence-electron chi connectivity index (χ1n) is 8.44. The van der Waals surface area contributed by atoms with Crippen molar-refractivity contribution in [1.29, 1.82) is 0 Å². The van der Waals surface area contributed by atoms with Crippen LogP contribution >= 0.6 is 11.6 Å². The molecule has 150 valence electrons. The molecule has 0 unspecified atom stereocenters. The number of hydrogen-bond acceptors (Lipinski definition) is 6. The number of methoxy groups -OCH3 is 1. The van der Waals surface area contributed by atoms with Crippen LogP contribution in [-0.2, 0) is 14.4 Å². The molecule has 1 heterocycles. The first-order valence-corrected chi connectivity index (χ1v) is 8.82. The SMILES string of the molecule is COc1cc(/C=C2\C(=O)NN(c3ccc(C)c(Cl)c3)C2=O)ccc1OCC(=O)[O-]. The Balaban J connectivity index is 1.87. The number of amides is 2. The zero-order valence-corrected chi connectivity index (χ0v) is 16.3. The van der Waals surface area contributed by atoms with Crippen LogP contribution in [0, 0.1) is 6.92 Å². The molecular formula is C20H16ClN2O6-. The zero-order valence-electron chi connectivity index (χ0n) is 15.5. The van der Waals surface area contributed by atoms with Gasteiger partial charge in [0.1, 0.15) is 12.2 Å². The summed E-state index contributed by atoms with van der Waals surface area (Å²) in [6.45, 7) is 1.20. The Hall–Kier alpha value is -3.52. The average Bonchev–Trinajstić information content (AvgIpc) is 2.97. The molecule has 2 amide bonds. The number of carbonyl (C=O) groups is 3. The van der Waals surface area contributed by atoms with Gasteiger partial charge < -0.3 is 19.4 Å². The molecule has 0 bridgehead atoms. The van der Waals surface area contributed by atoms with Gasteiger partial charge in [-0.25, -0.2) is 5.01 Å². The van der Waals surface area contributed by atoms with Crippen LogP contribution in [0.4, 0.5) is 5.69 Å². The maximum absolute atomic E-state index is 12.7. The first-order chi connectivity index (χ1) is 13.8. The van der Waals surface area contributed by atoms with Gasteiger partial charge in [0.15, 0.2) is 11.5 Å². The lowest BCUT2D eigenvalue weighted by molar-refractivity contribution is -0.307. The molecule has 1 saturated heterocycles. The van der Waals surface area contributed by atoms with Crippen molar-refractivity contribution in [2.45, 2.75) is 6.92 Å². The number of nitrogens with one attached hydrogen (secondary N) is 1. The third-order valence-electron chi connectivity index (χ3n) is 4.15. The summed E-state index contributed by atoms with van der Waals surface area (Å²) in [6.07, 6.45) is 1.40. The van der Waals surface area contributed by atoms with Gasteiger partial charge in [0.05, 0.1) is 18.8 Å². The summed E-state index contributed by atoms with van der Waals surface area (Å²) in [5.74, 6) is -2.04. The molecule has 0 atom stereocenters. The maximum Gasteiger partial charge on any atom is 0.282 e. The van der Waals surface area contributed by atoms with Gasteiger partial charge in [-0.3, -0.25) is 15.0 Å². The van der Waals surface area contributed by atoms with Gasteiger partial charge in [-0.15, -0.1) is 0 Å². The molecule has 1 fully saturated rings. The van der Waals surface area contributed by atoms with Crippen LogP contribution in [0.3, 0.4) is 0 Å². The molecule has 9 heteroatoms. The van der Waals surface area contributed by atoms with Crippen molar-refractivity contribution >= 4 is 41.1 Å². The number of carboxylic acids is 1. The number of carbonyl (C=O) groups excluding carboxylic acids is 3. The third-order valence-corrected chi connectivity index (χ3v) is 4.56. The number of ether oxygens (including phenoxy) is 2. The minimum Gasteiger partial charge on any atom is -0.546 e. The molecule has 0 aromatic heterocycles. The first kappa shape index (κ1) is 20.2. The summed E-state index contributed by atoms with van der Waals surface area (Å²) in [5, 5.41) is 12.1. The van der Waals surface area contributed by atoms with E-state index >= 15 is 0 Å². The van der Waals surface area contributed by atoms with Crippen LogP contribution in [0.2, 0.25) is 5.02 Å². The van der Waals surface area contributed by atoms with E-state index in [1.807, 2.05) is 6.92 Å². The van der Waals surface area contributed by atoms with E-state index in [0.29, 0.717) is 16.3 Å². The number of aliphatic carboxylic acids is 1. The number of halogens is 1. The second-order valence-corrected chi connectivity index (χ2v) is 6.55. The van der Waals surface area contributed by atoms with Crippen molar-refractivity contribution in [2.24, 2.45) is 0 Å². The second-order valence-electron chi connectivity index (χ2n) is 6.14. The molecule has 0 radical (unpaired) electrons. The molecule has 1 aliphatic rings. The molecule has 1 aliphatic heterocycles. The highest BCUT2D eigenvalue weighted by Gasteiger charge is 2.34. The lowest BCUT2D eigenvalue weighted by Crippen LogP contribution is -2.35. The van der Waals surface area contributed by atoms with Gasteiger partial charge in [-0.1, -0.05) is 23.7 Å². The summed E-state index contributed by atoms with van der Waals surface area (Å²) in [4.78, 5) is 35.6. The van der Waals surface area contributed by atoms with Crippen molar-refractivity contribution in [3.8, 4) is 11.5 Å². The van der Waals surface area contributed by atoms with Crippen molar-refractivity contribution in [3.05, 3.63) is 58.1 Å². The van der Waals surface area contributed by atoms with Crippen LogP contribution in [0.1, 0.15) is 11.1 Å². The predicted molar refractivity (Wildman–Crippen MR) is 103 cm³/mol. The smallest absolute Gasteiger partial charge is 0.282 e. The monoisotopic (exact) mass is 415 g/mol. The predicted octanol–water partition coefficient (Wildman–Crippen LogP) is 1.25.